The van der Waals surface area contributed by atoms with E-state index in [1.54, 1.807) is 19.1 Å². The van der Waals surface area contributed by atoms with Crippen LogP contribution in [-0.2, 0) is 4.79 Å². The molecule has 1 N–H and O–H groups in total. The van der Waals surface area contributed by atoms with E-state index in [0.29, 0.717) is 23.9 Å². The summed E-state index contributed by atoms with van der Waals surface area (Å²) in [6.45, 7) is 6.51. The fraction of sp³-hybridized carbons (Fsp3) is 0.467. The highest BCUT2D eigenvalue weighted by molar-refractivity contribution is 5.79. The van der Waals surface area contributed by atoms with Crippen LogP contribution in [0.15, 0.2) is 24.3 Å². The lowest BCUT2D eigenvalue weighted by Gasteiger charge is -2.11. The van der Waals surface area contributed by atoms with Crippen LogP contribution in [0.2, 0.25) is 0 Å². The number of halogens is 1. The molecule has 0 radical (unpaired) electrons. The largest absolute Gasteiger partial charge is 0.354 e. The van der Waals surface area contributed by atoms with Gasteiger partial charge in [-0.25, -0.2) is 4.39 Å². The summed E-state index contributed by atoms with van der Waals surface area (Å²) < 4.78 is 13.2. The van der Waals surface area contributed by atoms with Crippen molar-refractivity contribution in [3.63, 3.8) is 0 Å². The smallest absolute Gasteiger partial charge is 0.246 e. The van der Waals surface area contributed by atoms with Crippen molar-refractivity contribution in [2.24, 2.45) is 5.92 Å². The predicted molar refractivity (Wildman–Crippen MR) is 80.4 cm³/mol. The first-order chi connectivity index (χ1) is 10.5. The molecule has 0 bridgehead atoms. The predicted octanol–water partition coefficient (Wildman–Crippen LogP) is 2.20. The zero-order chi connectivity index (χ0) is 16.1. The van der Waals surface area contributed by atoms with Gasteiger partial charge in [0.05, 0.1) is 0 Å². The lowest BCUT2D eigenvalue weighted by molar-refractivity contribution is -0.124. The SMILES string of the molecule is CC(C)CCNC(=O)C(C)n1nnc(-c2cccc(F)c2)n1. The first-order valence-electron chi connectivity index (χ1n) is 7.30. The molecule has 1 atom stereocenters. The molecule has 0 aliphatic carbocycles. The molecule has 0 aliphatic rings. The van der Waals surface area contributed by atoms with Crippen LogP contribution < -0.4 is 5.32 Å². The second-order valence-corrected chi connectivity index (χ2v) is 5.59. The molecule has 1 amide bonds. The van der Waals surface area contributed by atoms with E-state index in [-0.39, 0.29) is 11.7 Å². The van der Waals surface area contributed by atoms with E-state index in [9.17, 15) is 9.18 Å². The van der Waals surface area contributed by atoms with Crippen LogP contribution in [-0.4, -0.2) is 32.7 Å². The second-order valence-electron chi connectivity index (χ2n) is 5.59. The summed E-state index contributed by atoms with van der Waals surface area (Å²) in [6, 6.07) is 5.38. The molecule has 0 saturated carbocycles. The van der Waals surface area contributed by atoms with Gasteiger partial charge in [0.2, 0.25) is 11.7 Å². The van der Waals surface area contributed by atoms with E-state index in [2.05, 4.69) is 34.6 Å². The topological polar surface area (TPSA) is 72.7 Å². The summed E-state index contributed by atoms with van der Waals surface area (Å²) in [5.41, 5.74) is 0.527. The van der Waals surface area contributed by atoms with Crippen LogP contribution >= 0.6 is 0 Å². The van der Waals surface area contributed by atoms with Gasteiger partial charge in [0, 0.05) is 12.1 Å². The maximum atomic E-state index is 13.2. The van der Waals surface area contributed by atoms with Crippen molar-refractivity contribution in [3.8, 4) is 11.4 Å². The van der Waals surface area contributed by atoms with Crippen LogP contribution in [0.1, 0.15) is 33.2 Å². The van der Waals surface area contributed by atoms with Crippen molar-refractivity contribution in [1.82, 2.24) is 25.5 Å². The van der Waals surface area contributed by atoms with Crippen molar-refractivity contribution < 1.29 is 9.18 Å². The molecule has 2 aromatic rings. The Morgan fingerprint density at radius 3 is 2.82 bits per heavy atom. The minimum atomic E-state index is -0.568. The number of carbonyl (C=O) groups is 1. The van der Waals surface area contributed by atoms with E-state index in [1.807, 2.05) is 0 Å². The number of carbonyl (C=O) groups excluding carboxylic acids is 1. The van der Waals surface area contributed by atoms with Gasteiger partial charge in [0.1, 0.15) is 11.9 Å². The molecule has 0 aliphatic heterocycles. The molecule has 1 unspecified atom stereocenters. The van der Waals surface area contributed by atoms with Crippen LogP contribution in [0.25, 0.3) is 11.4 Å². The normalized spacial score (nSPS) is 12.4. The van der Waals surface area contributed by atoms with Gasteiger partial charge in [0.15, 0.2) is 0 Å². The van der Waals surface area contributed by atoms with E-state index in [4.69, 9.17) is 0 Å². The Bertz CT molecular complexity index is 640. The summed E-state index contributed by atoms with van der Waals surface area (Å²) in [6.07, 6.45) is 0.914. The molecule has 0 fully saturated rings. The number of nitrogens with one attached hydrogen (secondary N) is 1. The third kappa shape index (κ3) is 4.09. The molecule has 1 aromatic carbocycles. The Labute approximate surface area is 128 Å². The van der Waals surface area contributed by atoms with Crippen LogP contribution in [0.4, 0.5) is 4.39 Å². The average Bonchev–Trinajstić information content (AvgIpc) is 2.95. The van der Waals surface area contributed by atoms with Crippen molar-refractivity contribution in [2.75, 3.05) is 6.54 Å². The first kappa shape index (κ1) is 16.1. The van der Waals surface area contributed by atoms with Gasteiger partial charge >= 0.3 is 0 Å². The van der Waals surface area contributed by atoms with Gasteiger partial charge in [-0.05, 0) is 36.6 Å². The van der Waals surface area contributed by atoms with Crippen molar-refractivity contribution in [3.05, 3.63) is 30.1 Å². The third-order valence-corrected chi connectivity index (χ3v) is 3.26. The third-order valence-electron chi connectivity index (χ3n) is 3.26. The highest BCUT2D eigenvalue weighted by Crippen LogP contribution is 2.15. The van der Waals surface area contributed by atoms with E-state index in [1.165, 1.54) is 16.9 Å². The number of amides is 1. The Balaban J connectivity index is 2.02. The summed E-state index contributed by atoms with van der Waals surface area (Å²) in [5.74, 6) is 0.290. The van der Waals surface area contributed by atoms with Crippen LogP contribution in [0.3, 0.4) is 0 Å². The highest BCUT2D eigenvalue weighted by atomic mass is 19.1. The van der Waals surface area contributed by atoms with Gasteiger partial charge in [-0.15, -0.1) is 10.2 Å². The van der Waals surface area contributed by atoms with Crippen molar-refractivity contribution >= 4 is 5.91 Å². The van der Waals surface area contributed by atoms with E-state index in [0.717, 1.165) is 6.42 Å². The molecular formula is C15H20FN5O. The van der Waals surface area contributed by atoms with Crippen LogP contribution in [0.5, 0.6) is 0 Å². The number of nitrogens with zero attached hydrogens (tertiary/aromatic N) is 4. The molecule has 0 spiro atoms. The minimum absolute atomic E-state index is 0.163. The summed E-state index contributed by atoms with van der Waals surface area (Å²) in [5, 5.41) is 14.7. The Morgan fingerprint density at radius 2 is 2.14 bits per heavy atom. The second kappa shape index (κ2) is 7.11. The number of aromatic nitrogens is 4. The number of hydrogen-bond donors (Lipinski definition) is 1. The zero-order valence-corrected chi connectivity index (χ0v) is 13.0. The Morgan fingerprint density at radius 1 is 1.36 bits per heavy atom. The van der Waals surface area contributed by atoms with E-state index < -0.39 is 6.04 Å². The summed E-state index contributed by atoms with van der Waals surface area (Å²) in [4.78, 5) is 13.3. The van der Waals surface area contributed by atoms with Crippen molar-refractivity contribution in [1.29, 1.82) is 0 Å². The van der Waals surface area contributed by atoms with Gasteiger partial charge in [-0.3, -0.25) is 4.79 Å². The number of tetrazole rings is 1. The molecular weight excluding hydrogens is 285 g/mol. The quantitative estimate of drug-likeness (QED) is 0.888. The molecule has 22 heavy (non-hydrogen) atoms. The minimum Gasteiger partial charge on any atom is -0.354 e. The van der Waals surface area contributed by atoms with Crippen LogP contribution in [0, 0.1) is 11.7 Å². The fourth-order valence-corrected chi connectivity index (χ4v) is 1.87. The maximum Gasteiger partial charge on any atom is 0.246 e. The van der Waals surface area contributed by atoms with Crippen molar-refractivity contribution in [2.45, 2.75) is 33.2 Å². The summed E-state index contributed by atoms with van der Waals surface area (Å²) >= 11 is 0. The lowest BCUT2D eigenvalue weighted by atomic mass is 10.1. The Hall–Kier alpha value is -2.31. The molecule has 2 rings (SSSR count). The molecule has 7 heteroatoms. The van der Waals surface area contributed by atoms with Gasteiger partial charge in [0.25, 0.3) is 0 Å². The Kier molecular flexibility index (Phi) is 5.19. The molecule has 118 valence electrons. The molecule has 1 heterocycles. The van der Waals surface area contributed by atoms with Gasteiger partial charge in [-0.2, -0.15) is 4.80 Å². The van der Waals surface area contributed by atoms with Gasteiger partial charge < -0.3 is 5.32 Å². The molecule has 0 saturated heterocycles. The standard InChI is InChI=1S/C15H20FN5O/c1-10(2)7-8-17-15(22)11(3)21-19-14(18-20-21)12-5-4-6-13(16)9-12/h4-6,9-11H,7-8H2,1-3H3,(H,17,22). The van der Waals surface area contributed by atoms with Gasteiger partial charge in [-0.1, -0.05) is 26.0 Å². The highest BCUT2D eigenvalue weighted by Gasteiger charge is 2.18. The average molecular weight is 305 g/mol. The number of hydrogen-bond acceptors (Lipinski definition) is 4. The molecule has 6 nitrogen and oxygen atoms in total. The first-order valence-corrected chi connectivity index (χ1v) is 7.30. The monoisotopic (exact) mass is 305 g/mol. The molecule has 1 aromatic heterocycles. The fourth-order valence-electron chi connectivity index (χ4n) is 1.87. The number of benzene rings is 1. The lowest BCUT2D eigenvalue weighted by Crippen LogP contribution is -2.33. The van der Waals surface area contributed by atoms with E-state index >= 15 is 0 Å². The maximum absolute atomic E-state index is 13.2. The zero-order valence-electron chi connectivity index (χ0n) is 13.0. The summed E-state index contributed by atoms with van der Waals surface area (Å²) in [7, 11) is 0. The number of rotatable bonds is 6.